The van der Waals surface area contributed by atoms with Gasteiger partial charge in [-0.2, -0.15) is 0 Å². The molecular formula is C63H71Cl2F3N6O6. The van der Waals surface area contributed by atoms with Crippen LogP contribution in [0.25, 0.3) is 0 Å². The third kappa shape index (κ3) is 15.7. The molecule has 3 aromatic carbocycles. The van der Waals surface area contributed by atoms with Crippen LogP contribution < -0.4 is 19.5 Å². The highest BCUT2D eigenvalue weighted by Gasteiger charge is 2.46. The fourth-order valence-corrected chi connectivity index (χ4v) is 12.5. The standard InChI is InChI=1S/2C21H23FN2O2.C13H17FN2O.C8H7ClO.ClH/c2*1-14-3-2-4-15(11-14)21(25)24-18-7-5-16(19(24)9-8-18)13-26-20-10-6-17(22)12-23-20;14-10-2-6-13(15-7-10)17-8-9-1-3-11-4-5-12(9)16-11;1-6-3-2-4-7(5-6)8(9)10;/h2*2-4,6,10-12,16,18-19H,5,7-9,13H2,1H3;2,6-7,9,11-12,16H,1,3-5,8H2;2-5H,1H3;1H/t2*16-,18-,19?;9-,11-,12?;;/m111../s1. The van der Waals surface area contributed by atoms with Crippen molar-refractivity contribution in [2.24, 2.45) is 17.8 Å². The number of hydrogen-bond acceptors (Lipinski definition) is 10. The molecule has 80 heavy (non-hydrogen) atoms. The molecule has 6 aromatic rings. The Hall–Kier alpha value is -6.55. The summed E-state index contributed by atoms with van der Waals surface area (Å²) in [6.07, 6.45) is 16.8. The number of fused-ring (bicyclic) bond motifs is 6. The van der Waals surface area contributed by atoms with Crippen LogP contribution in [0.15, 0.2) is 128 Å². The highest BCUT2D eigenvalue weighted by atomic mass is 35.5. The first-order valence-corrected chi connectivity index (χ1v) is 28.2. The lowest BCUT2D eigenvalue weighted by atomic mass is 9.90. The SMILES string of the molecule is Cc1cccc(C(=O)Cl)c1.Cc1cccc(C(=O)N2C3CC[C@H]2CC[C@@H]3COc2ccc(F)cn2)c1.Cc1cccc(C(=O)N2C3CC[C@H]2CC[C@@H]3COc2ccc(F)cn2)c1.Cl.Fc1ccc(OC[C@H]2CC[C@@H]3CCC2N3)nc1. The van der Waals surface area contributed by atoms with Gasteiger partial charge in [0.15, 0.2) is 0 Å². The van der Waals surface area contributed by atoms with E-state index in [9.17, 15) is 27.6 Å². The quantitative estimate of drug-likeness (QED) is 0.118. The summed E-state index contributed by atoms with van der Waals surface area (Å²) in [6.45, 7) is 7.63. The first kappa shape index (κ1) is 59.6. The Bertz CT molecular complexity index is 2860. The zero-order valence-corrected chi connectivity index (χ0v) is 47.1. The third-order valence-electron chi connectivity index (χ3n) is 16.3. The number of nitrogens with zero attached hydrogens (tertiary/aromatic N) is 5. The zero-order valence-electron chi connectivity index (χ0n) is 45.5. The van der Waals surface area contributed by atoms with Crippen molar-refractivity contribution in [2.75, 3.05) is 19.8 Å². The molecule has 12 nitrogen and oxygen atoms in total. The van der Waals surface area contributed by atoms with Crippen molar-refractivity contribution in [1.82, 2.24) is 30.1 Å². The first-order valence-electron chi connectivity index (χ1n) is 27.8. The first-order chi connectivity index (χ1) is 38.2. The van der Waals surface area contributed by atoms with Crippen LogP contribution in [0.5, 0.6) is 17.6 Å². The molecule has 2 amide bonds. The van der Waals surface area contributed by atoms with E-state index in [4.69, 9.17) is 25.8 Å². The van der Waals surface area contributed by atoms with Gasteiger partial charge in [-0.3, -0.25) is 14.4 Å². The zero-order chi connectivity index (χ0) is 55.4. The molecule has 9 heterocycles. The number of amides is 2. The largest absolute Gasteiger partial charge is 0.477 e. The van der Waals surface area contributed by atoms with Crippen molar-refractivity contribution < 1.29 is 41.8 Å². The predicted octanol–water partition coefficient (Wildman–Crippen LogP) is 12.9. The fourth-order valence-electron chi connectivity index (χ4n) is 12.3. The summed E-state index contributed by atoms with van der Waals surface area (Å²) in [5.41, 5.74) is 5.34. The number of carbonyl (C=O) groups excluding carboxylic acids is 3. The van der Waals surface area contributed by atoms with Gasteiger partial charge in [0, 0.05) is 88.9 Å². The molecule has 3 aromatic heterocycles. The average molecular weight is 1140 g/mol. The van der Waals surface area contributed by atoms with Gasteiger partial charge in [-0.15, -0.1) is 12.4 Å². The second kappa shape index (κ2) is 28.2. The number of halogens is 5. The molecule has 9 atom stereocenters. The number of benzene rings is 3. The topological polar surface area (TPSA) is 136 Å². The van der Waals surface area contributed by atoms with Crippen LogP contribution in [0.4, 0.5) is 13.2 Å². The van der Waals surface area contributed by atoms with Gasteiger partial charge in [0.1, 0.15) is 17.5 Å². The molecule has 3 unspecified atom stereocenters. The van der Waals surface area contributed by atoms with Crippen molar-refractivity contribution in [3.63, 3.8) is 0 Å². The fraction of sp³-hybridized carbons (Fsp3) is 0.429. The number of piperidine rings is 3. The molecule has 0 saturated carbocycles. The van der Waals surface area contributed by atoms with E-state index in [1.807, 2.05) is 81.4 Å². The van der Waals surface area contributed by atoms with Crippen LogP contribution in [0.1, 0.15) is 125 Å². The Morgan fingerprint density at radius 2 is 0.875 bits per heavy atom. The number of rotatable bonds is 12. The molecular weight excluding hydrogens is 1060 g/mol. The van der Waals surface area contributed by atoms with Gasteiger partial charge >= 0.3 is 0 Å². The van der Waals surface area contributed by atoms with E-state index in [0.717, 1.165) is 97.6 Å². The van der Waals surface area contributed by atoms with E-state index in [1.54, 1.807) is 30.3 Å². The highest BCUT2D eigenvalue weighted by molar-refractivity contribution is 6.67. The van der Waals surface area contributed by atoms with Crippen LogP contribution in [0.2, 0.25) is 0 Å². The highest BCUT2D eigenvalue weighted by Crippen LogP contribution is 2.42. The van der Waals surface area contributed by atoms with Crippen molar-refractivity contribution in [3.8, 4) is 17.6 Å². The average Bonchev–Trinajstić information content (AvgIpc) is 4.11. The van der Waals surface area contributed by atoms with Crippen LogP contribution in [0.3, 0.4) is 0 Å². The van der Waals surface area contributed by atoms with Crippen LogP contribution in [-0.2, 0) is 0 Å². The van der Waals surface area contributed by atoms with E-state index in [2.05, 4.69) is 30.1 Å². The lowest BCUT2D eigenvalue weighted by molar-refractivity contribution is 0.0396. The summed E-state index contributed by atoms with van der Waals surface area (Å²) in [6, 6.07) is 34.0. The minimum atomic E-state index is -0.399. The molecule has 0 spiro atoms. The third-order valence-corrected chi connectivity index (χ3v) is 16.6. The number of nitrogens with one attached hydrogen (secondary N) is 1. The Balaban J connectivity index is 0.000000147. The molecule has 17 heteroatoms. The summed E-state index contributed by atoms with van der Waals surface area (Å²) in [5.74, 6) is 1.72. The summed E-state index contributed by atoms with van der Waals surface area (Å²) in [4.78, 5) is 52.8. The van der Waals surface area contributed by atoms with Gasteiger partial charge in [-0.25, -0.2) is 28.1 Å². The molecule has 1 N–H and O–H groups in total. The van der Waals surface area contributed by atoms with E-state index in [0.29, 0.717) is 67.1 Å². The van der Waals surface area contributed by atoms with Gasteiger partial charge < -0.3 is 29.3 Å². The maximum absolute atomic E-state index is 13.1. The molecule has 6 saturated heterocycles. The van der Waals surface area contributed by atoms with E-state index in [1.165, 1.54) is 50.1 Å². The maximum Gasteiger partial charge on any atom is 0.254 e. The molecule has 6 fully saturated rings. The van der Waals surface area contributed by atoms with Gasteiger partial charge in [0.2, 0.25) is 17.6 Å². The predicted molar refractivity (Wildman–Crippen MR) is 304 cm³/mol. The Morgan fingerprint density at radius 1 is 0.500 bits per heavy atom. The second-order valence-electron chi connectivity index (χ2n) is 21.8. The molecule has 0 radical (unpaired) electrons. The number of aryl methyl sites for hydroxylation is 3. The lowest BCUT2D eigenvalue weighted by Crippen LogP contribution is -2.49. The van der Waals surface area contributed by atoms with Gasteiger partial charge in [0.25, 0.3) is 17.1 Å². The number of hydrogen-bond donors (Lipinski definition) is 1. The number of carbonyl (C=O) groups is 3. The van der Waals surface area contributed by atoms with Crippen LogP contribution in [0, 0.1) is 56.0 Å². The van der Waals surface area contributed by atoms with Crippen molar-refractivity contribution in [3.05, 3.63) is 179 Å². The van der Waals surface area contributed by atoms with Gasteiger partial charge in [0.05, 0.1) is 38.4 Å². The molecule has 6 bridgehead atoms. The summed E-state index contributed by atoms with van der Waals surface area (Å²) in [5, 5.41) is 3.23. The minimum Gasteiger partial charge on any atom is -0.477 e. The van der Waals surface area contributed by atoms with Crippen LogP contribution >= 0.6 is 24.0 Å². The molecule has 6 aliphatic heterocycles. The van der Waals surface area contributed by atoms with Crippen LogP contribution in [-0.4, -0.2) is 97.9 Å². The monoisotopic (exact) mass is 1130 g/mol. The number of pyridine rings is 3. The number of aromatic nitrogens is 3. The Morgan fingerprint density at radius 3 is 1.26 bits per heavy atom. The second-order valence-corrected chi connectivity index (χ2v) is 22.2. The van der Waals surface area contributed by atoms with Gasteiger partial charge in [-0.1, -0.05) is 59.2 Å². The summed E-state index contributed by atoms with van der Waals surface area (Å²) < 4.78 is 55.8. The van der Waals surface area contributed by atoms with Crippen molar-refractivity contribution in [2.45, 2.75) is 134 Å². The van der Waals surface area contributed by atoms with Gasteiger partial charge in [-0.05, 0) is 158 Å². The summed E-state index contributed by atoms with van der Waals surface area (Å²) >= 11 is 5.24. The smallest absolute Gasteiger partial charge is 0.254 e. The maximum atomic E-state index is 13.1. The number of ether oxygens (including phenoxy) is 3. The van der Waals surface area contributed by atoms with Crippen molar-refractivity contribution in [1.29, 1.82) is 0 Å². The van der Waals surface area contributed by atoms with E-state index in [-0.39, 0.29) is 65.6 Å². The van der Waals surface area contributed by atoms with E-state index < -0.39 is 5.24 Å². The molecule has 424 valence electrons. The minimum absolute atomic E-state index is 0. The molecule has 0 aliphatic carbocycles. The van der Waals surface area contributed by atoms with Crippen molar-refractivity contribution >= 4 is 41.1 Å². The Kier molecular flexibility index (Phi) is 21.0. The lowest BCUT2D eigenvalue weighted by Gasteiger charge is -2.40. The summed E-state index contributed by atoms with van der Waals surface area (Å²) in [7, 11) is 0. The van der Waals surface area contributed by atoms with E-state index >= 15 is 0 Å². The molecule has 6 aliphatic rings. The normalized spacial score (nSPS) is 23.8. The molecule has 12 rings (SSSR count). The Labute approximate surface area is 478 Å².